The van der Waals surface area contributed by atoms with Crippen LogP contribution >= 0.6 is 11.8 Å². The number of aryl methyl sites for hydroxylation is 2. The van der Waals surface area contributed by atoms with Crippen molar-refractivity contribution in [3.05, 3.63) is 112 Å². The fraction of sp³-hybridized carbons (Fsp3) is 0.161. The quantitative estimate of drug-likeness (QED) is 0.235. The lowest BCUT2D eigenvalue weighted by Gasteiger charge is -2.14. The minimum absolute atomic E-state index is 0.245. The number of rotatable bonds is 7. The highest BCUT2D eigenvalue weighted by molar-refractivity contribution is 8.18. The Bertz CT molecular complexity index is 1540. The molecule has 1 aliphatic rings. The number of carbonyl (C=O) groups is 2. The Morgan fingerprint density at radius 3 is 2.13 bits per heavy atom. The number of hydrogen-bond donors (Lipinski definition) is 0. The molecule has 0 radical (unpaired) electrons. The number of amides is 2. The molecule has 0 atom stereocenters. The van der Waals surface area contributed by atoms with Gasteiger partial charge in [-0.3, -0.25) is 14.5 Å². The van der Waals surface area contributed by atoms with Crippen LogP contribution < -0.4 is 9.47 Å². The zero-order chi connectivity index (χ0) is 26.8. The largest absolute Gasteiger partial charge is 0.497 e. The zero-order valence-corrected chi connectivity index (χ0v) is 22.5. The van der Waals surface area contributed by atoms with Gasteiger partial charge in [0.2, 0.25) is 0 Å². The summed E-state index contributed by atoms with van der Waals surface area (Å²) in [5, 5.41) is -0.245. The summed E-state index contributed by atoms with van der Waals surface area (Å²) in [6.07, 6.45) is 1.82. The highest BCUT2D eigenvalue weighted by Gasteiger charge is 2.35. The average Bonchev–Trinajstić information content (AvgIpc) is 3.34. The van der Waals surface area contributed by atoms with E-state index in [-0.39, 0.29) is 17.7 Å². The number of ether oxygens (including phenoxy) is 2. The third kappa shape index (κ3) is 5.10. The summed E-state index contributed by atoms with van der Waals surface area (Å²) in [6, 6.07) is 25.1. The topological polar surface area (TPSA) is 60.8 Å². The molecule has 1 aromatic heterocycles. The van der Waals surface area contributed by atoms with Crippen LogP contribution in [0.3, 0.4) is 0 Å². The molecule has 6 nitrogen and oxygen atoms in total. The predicted molar refractivity (Wildman–Crippen MR) is 151 cm³/mol. The van der Waals surface area contributed by atoms with Gasteiger partial charge >= 0.3 is 0 Å². The summed E-state index contributed by atoms with van der Waals surface area (Å²) < 4.78 is 13.3. The first kappa shape index (κ1) is 25.4. The lowest BCUT2D eigenvalue weighted by atomic mass is 10.1. The molecule has 1 aliphatic heterocycles. The van der Waals surface area contributed by atoms with E-state index in [1.165, 1.54) is 4.90 Å². The molecule has 1 saturated heterocycles. The molecule has 192 valence electrons. The number of imide groups is 1. The van der Waals surface area contributed by atoms with Crippen molar-refractivity contribution in [1.82, 2.24) is 9.47 Å². The Kier molecular flexibility index (Phi) is 7.11. The van der Waals surface area contributed by atoms with Crippen LogP contribution in [0, 0.1) is 20.8 Å². The first-order valence-corrected chi connectivity index (χ1v) is 13.1. The molecule has 0 N–H and O–H groups in total. The molecule has 2 heterocycles. The van der Waals surface area contributed by atoms with E-state index >= 15 is 0 Å². The molecular formula is C31H28N2O4S. The Balaban J connectivity index is 1.35. The number of nitrogens with zero attached hydrogens (tertiary/aromatic N) is 2. The van der Waals surface area contributed by atoms with Crippen LogP contribution in [0.4, 0.5) is 4.79 Å². The smallest absolute Gasteiger partial charge is 0.293 e. The van der Waals surface area contributed by atoms with Gasteiger partial charge < -0.3 is 14.0 Å². The van der Waals surface area contributed by atoms with Crippen LogP contribution in [0.5, 0.6) is 17.2 Å². The van der Waals surface area contributed by atoms with Crippen molar-refractivity contribution < 1.29 is 19.1 Å². The highest BCUT2D eigenvalue weighted by Crippen LogP contribution is 2.35. The summed E-state index contributed by atoms with van der Waals surface area (Å²) in [7, 11) is 1.63. The van der Waals surface area contributed by atoms with E-state index in [9.17, 15) is 9.59 Å². The van der Waals surface area contributed by atoms with Crippen molar-refractivity contribution in [1.29, 1.82) is 0 Å². The third-order valence-corrected chi connectivity index (χ3v) is 7.52. The van der Waals surface area contributed by atoms with Gasteiger partial charge in [-0.05, 0) is 110 Å². The molecule has 3 aromatic carbocycles. The third-order valence-electron chi connectivity index (χ3n) is 6.61. The molecule has 1 fully saturated rings. The number of carbonyl (C=O) groups excluding carboxylic acids is 2. The SMILES string of the molecule is COc1ccc(Oc2ccc(-n3c(C)cc(/C=C4\SC(=O)N(Cc5ccccc5C)C4=O)c3C)cc2)cc1. The number of hydrogen-bond acceptors (Lipinski definition) is 5. The normalized spacial score (nSPS) is 14.4. The van der Waals surface area contributed by atoms with Crippen LogP contribution in [-0.2, 0) is 11.3 Å². The van der Waals surface area contributed by atoms with Gasteiger partial charge in [0, 0.05) is 17.1 Å². The summed E-state index contributed by atoms with van der Waals surface area (Å²) in [5.74, 6) is 1.97. The summed E-state index contributed by atoms with van der Waals surface area (Å²) in [5.41, 5.74) is 5.92. The monoisotopic (exact) mass is 524 g/mol. The van der Waals surface area contributed by atoms with Gasteiger partial charge in [-0.25, -0.2) is 0 Å². The van der Waals surface area contributed by atoms with Gasteiger partial charge in [-0.1, -0.05) is 24.3 Å². The number of benzene rings is 3. The van der Waals surface area contributed by atoms with Gasteiger partial charge in [-0.15, -0.1) is 0 Å². The van der Waals surface area contributed by atoms with Gasteiger partial charge in [-0.2, -0.15) is 0 Å². The van der Waals surface area contributed by atoms with Gasteiger partial charge in [0.25, 0.3) is 11.1 Å². The first-order chi connectivity index (χ1) is 18.3. The van der Waals surface area contributed by atoms with E-state index in [2.05, 4.69) is 4.57 Å². The molecule has 0 bridgehead atoms. The van der Waals surface area contributed by atoms with Gasteiger partial charge in [0.15, 0.2) is 0 Å². The molecule has 0 aliphatic carbocycles. The molecule has 0 saturated carbocycles. The van der Waals surface area contributed by atoms with E-state index in [0.29, 0.717) is 4.91 Å². The van der Waals surface area contributed by atoms with Crippen LogP contribution in [0.1, 0.15) is 28.1 Å². The van der Waals surface area contributed by atoms with Crippen molar-refractivity contribution in [2.45, 2.75) is 27.3 Å². The molecule has 2 amide bonds. The highest BCUT2D eigenvalue weighted by atomic mass is 32.2. The van der Waals surface area contributed by atoms with Crippen molar-refractivity contribution in [3.63, 3.8) is 0 Å². The molecular weight excluding hydrogens is 496 g/mol. The van der Waals surface area contributed by atoms with Crippen molar-refractivity contribution in [2.75, 3.05) is 7.11 Å². The molecule has 5 rings (SSSR count). The molecule has 7 heteroatoms. The maximum Gasteiger partial charge on any atom is 0.293 e. The minimum Gasteiger partial charge on any atom is -0.497 e. The number of methoxy groups -OCH3 is 1. The Morgan fingerprint density at radius 1 is 0.842 bits per heavy atom. The van der Waals surface area contributed by atoms with Crippen LogP contribution in [0.2, 0.25) is 0 Å². The van der Waals surface area contributed by atoms with Crippen molar-refractivity contribution >= 4 is 29.0 Å². The fourth-order valence-electron chi connectivity index (χ4n) is 4.51. The second-order valence-corrected chi connectivity index (χ2v) is 10.1. The number of thioether (sulfide) groups is 1. The second-order valence-electron chi connectivity index (χ2n) is 9.13. The van der Waals surface area contributed by atoms with E-state index in [4.69, 9.17) is 9.47 Å². The fourth-order valence-corrected chi connectivity index (χ4v) is 5.34. The van der Waals surface area contributed by atoms with E-state index < -0.39 is 0 Å². The predicted octanol–water partition coefficient (Wildman–Crippen LogP) is 7.44. The first-order valence-electron chi connectivity index (χ1n) is 12.2. The maximum absolute atomic E-state index is 13.1. The lowest BCUT2D eigenvalue weighted by molar-refractivity contribution is -0.123. The molecule has 0 spiro atoms. The Morgan fingerprint density at radius 2 is 1.47 bits per heavy atom. The van der Waals surface area contributed by atoms with Gasteiger partial charge in [0.05, 0.1) is 18.6 Å². The Labute approximate surface area is 226 Å². The number of aromatic nitrogens is 1. The molecule has 38 heavy (non-hydrogen) atoms. The van der Waals surface area contributed by atoms with Crippen LogP contribution in [-0.4, -0.2) is 27.7 Å². The van der Waals surface area contributed by atoms with Gasteiger partial charge in [0.1, 0.15) is 17.2 Å². The van der Waals surface area contributed by atoms with E-state index in [0.717, 1.165) is 62.8 Å². The van der Waals surface area contributed by atoms with Crippen molar-refractivity contribution in [3.8, 4) is 22.9 Å². The van der Waals surface area contributed by atoms with Crippen molar-refractivity contribution in [2.24, 2.45) is 0 Å². The summed E-state index contributed by atoms with van der Waals surface area (Å²) in [6.45, 7) is 6.30. The molecule has 4 aromatic rings. The van der Waals surface area contributed by atoms with Crippen LogP contribution in [0.15, 0.2) is 83.8 Å². The Hall–Kier alpha value is -4.23. The summed E-state index contributed by atoms with van der Waals surface area (Å²) >= 11 is 0.991. The van der Waals surface area contributed by atoms with E-state index in [1.807, 2.05) is 106 Å². The van der Waals surface area contributed by atoms with Crippen LogP contribution in [0.25, 0.3) is 11.8 Å². The zero-order valence-electron chi connectivity index (χ0n) is 21.7. The molecule has 0 unspecified atom stereocenters. The van der Waals surface area contributed by atoms with E-state index in [1.54, 1.807) is 7.11 Å². The second kappa shape index (κ2) is 10.6. The maximum atomic E-state index is 13.1. The lowest BCUT2D eigenvalue weighted by Crippen LogP contribution is -2.27. The average molecular weight is 525 g/mol. The minimum atomic E-state index is -0.256. The standard InChI is InChI=1S/C31H28N2O4S/c1-20-7-5-6-8-23(20)19-32-30(34)29(38-31(32)35)18-24-17-21(2)33(22(24)3)25-9-11-27(12-10-25)37-28-15-13-26(36-4)14-16-28/h5-18H,19H2,1-4H3/b29-18-. The summed E-state index contributed by atoms with van der Waals surface area (Å²) in [4.78, 5) is 27.6.